The molecule has 2 aliphatic rings. The van der Waals surface area contributed by atoms with Gasteiger partial charge in [0.1, 0.15) is 6.04 Å². The number of nitrogens with zero attached hydrogens (tertiary/aromatic N) is 2. The molecule has 0 radical (unpaired) electrons. The zero-order chi connectivity index (χ0) is 30.7. The van der Waals surface area contributed by atoms with E-state index in [0.717, 1.165) is 59.9 Å². The molecule has 5 rings (SSSR count). The van der Waals surface area contributed by atoms with Crippen molar-refractivity contribution in [2.24, 2.45) is 17.3 Å². The lowest BCUT2D eigenvalue weighted by atomic mass is 9.72. The maximum Gasteiger partial charge on any atom is 0.326 e. The summed E-state index contributed by atoms with van der Waals surface area (Å²) in [5.41, 5.74) is 4.67. The van der Waals surface area contributed by atoms with Crippen molar-refractivity contribution in [3.8, 4) is 17.0 Å². The number of carbonyl (C=O) groups excluding carboxylic acids is 1. The number of likely N-dealkylation sites (tertiary alicyclic amines) is 1. The predicted octanol–water partition coefficient (Wildman–Crippen LogP) is 6.80. The van der Waals surface area contributed by atoms with Gasteiger partial charge in [-0.3, -0.25) is 4.79 Å². The van der Waals surface area contributed by atoms with Gasteiger partial charge in [-0.25, -0.2) is 9.78 Å². The number of hydrogen-bond acceptors (Lipinski definition) is 5. The summed E-state index contributed by atoms with van der Waals surface area (Å²) in [5, 5.41) is 14.5. The highest BCUT2D eigenvalue weighted by Gasteiger charge is 2.58. The Morgan fingerprint density at radius 1 is 1.02 bits per heavy atom. The molecule has 1 saturated heterocycles. The van der Waals surface area contributed by atoms with E-state index < -0.39 is 23.5 Å². The maximum atomic E-state index is 14.3. The molecule has 1 aromatic heterocycles. The molecule has 1 amide bonds. The van der Waals surface area contributed by atoms with Gasteiger partial charge in [0, 0.05) is 41.7 Å². The molecule has 43 heavy (non-hydrogen) atoms. The highest BCUT2D eigenvalue weighted by atomic mass is 16.5. The minimum absolute atomic E-state index is 0.0275. The van der Waals surface area contributed by atoms with Crippen molar-refractivity contribution in [3.05, 3.63) is 83.6 Å². The number of carbonyl (C=O) groups is 2. The molecule has 2 N–H and O–H groups in total. The lowest BCUT2D eigenvalue weighted by molar-refractivity contribution is -0.154. The van der Waals surface area contributed by atoms with Crippen molar-refractivity contribution in [2.75, 3.05) is 7.11 Å². The van der Waals surface area contributed by atoms with E-state index in [4.69, 9.17) is 4.74 Å². The summed E-state index contributed by atoms with van der Waals surface area (Å²) in [6.07, 6.45) is 6.60. The Morgan fingerprint density at radius 3 is 2.33 bits per heavy atom. The van der Waals surface area contributed by atoms with Gasteiger partial charge in [0.05, 0.1) is 13.2 Å². The first-order valence-corrected chi connectivity index (χ1v) is 15.5. The number of rotatable bonds is 8. The normalized spacial score (nSPS) is 22.9. The van der Waals surface area contributed by atoms with E-state index in [1.165, 1.54) is 0 Å². The molecule has 2 aromatic carbocycles. The fourth-order valence-electron chi connectivity index (χ4n) is 7.37. The van der Waals surface area contributed by atoms with Gasteiger partial charge in [0.25, 0.3) is 0 Å². The highest BCUT2D eigenvalue weighted by Crippen LogP contribution is 2.49. The van der Waals surface area contributed by atoms with E-state index in [2.05, 4.69) is 56.2 Å². The van der Waals surface area contributed by atoms with Crippen LogP contribution in [0.1, 0.15) is 75.6 Å². The molecular formula is C36H45N3O4. The van der Waals surface area contributed by atoms with Crippen LogP contribution in [0.2, 0.25) is 0 Å². The van der Waals surface area contributed by atoms with Crippen LogP contribution in [0.15, 0.2) is 66.9 Å². The smallest absolute Gasteiger partial charge is 0.326 e. The van der Waals surface area contributed by atoms with E-state index in [0.29, 0.717) is 12.4 Å². The summed E-state index contributed by atoms with van der Waals surface area (Å²) >= 11 is 0. The van der Waals surface area contributed by atoms with Gasteiger partial charge in [0.15, 0.2) is 0 Å². The van der Waals surface area contributed by atoms with Crippen molar-refractivity contribution >= 4 is 11.9 Å². The Labute approximate surface area is 255 Å². The molecule has 1 aliphatic heterocycles. The number of ether oxygens (including phenoxy) is 1. The Bertz CT molecular complexity index is 1430. The third-order valence-electron chi connectivity index (χ3n) is 9.37. The number of aromatic nitrogens is 1. The van der Waals surface area contributed by atoms with Crippen molar-refractivity contribution in [1.82, 2.24) is 15.2 Å². The van der Waals surface area contributed by atoms with Crippen LogP contribution in [-0.4, -0.2) is 46.1 Å². The number of carboxylic acid groups (broad SMARTS) is 1. The lowest BCUT2D eigenvalue weighted by Gasteiger charge is -2.36. The van der Waals surface area contributed by atoms with Crippen LogP contribution in [0.4, 0.5) is 0 Å². The Kier molecular flexibility index (Phi) is 9.21. The summed E-state index contributed by atoms with van der Waals surface area (Å²) in [6, 6.07) is 18.5. The van der Waals surface area contributed by atoms with Gasteiger partial charge < -0.3 is 20.1 Å². The topological polar surface area (TPSA) is 91.8 Å². The minimum atomic E-state index is -0.949. The van der Waals surface area contributed by atoms with Gasteiger partial charge in [-0.1, -0.05) is 94.6 Å². The zero-order valence-electron chi connectivity index (χ0n) is 26.0. The molecular weight excluding hydrogens is 538 g/mol. The summed E-state index contributed by atoms with van der Waals surface area (Å²) in [4.78, 5) is 33.8. The third-order valence-corrected chi connectivity index (χ3v) is 9.37. The number of carboxylic acids is 1. The van der Waals surface area contributed by atoms with Gasteiger partial charge in [-0.15, -0.1) is 0 Å². The molecule has 7 heteroatoms. The molecule has 1 aliphatic carbocycles. The van der Waals surface area contributed by atoms with E-state index in [9.17, 15) is 14.7 Å². The van der Waals surface area contributed by atoms with Gasteiger partial charge >= 0.3 is 5.97 Å². The third kappa shape index (κ3) is 6.32. The van der Waals surface area contributed by atoms with Crippen LogP contribution in [0.3, 0.4) is 0 Å². The molecule has 1 saturated carbocycles. The number of hydrogen-bond donors (Lipinski definition) is 2. The number of aryl methyl sites for hydroxylation is 1. The van der Waals surface area contributed by atoms with E-state index in [1.54, 1.807) is 12.0 Å². The van der Waals surface area contributed by atoms with E-state index in [1.807, 2.05) is 48.7 Å². The fourth-order valence-corrected chi connectivity index (χ4v) is 7.37. The maximum absolute atomic E-state index is 14.3. The molecule has 2 fully saturated rings. The van der Waals surface area contributed by atoms with Gasteiger partial charge in [-0.2, -0.15) is 0 Å². The number of amides is 1. The number of aliphatic carboxylic acids is 1. The van der Waals surface area contributed by atoms with E-state index >= 15 is 0 Å². The lowest BCUT2D eigenvalue weighted by Crippen LogP contribution is -2.49. The summed E-state index contributed by atoms with van der Waals surface area (Å²) < 4.78 is 5.68. The summed E-state index contributed by atoms with van der Waals surface area (Å²) in [7, 11) is 1.62. The molecule has 4 atom stereocenters. The van der Waals surface area contributed by atoms with Crippen LogP contribution in [0, 0.1) is 24.2 Å². The Balaban J connectivity index is 1.58. The molecule has 0 unspecified atom stereocenters. The van der Waals surface area contributed by atoms with Crippen molar-refractivity contribution in [3.63, 3.8) is 0 Å². The van der Waals surface area contributed by atoms with Crippen molar-refractivity contribution in [1.29, 1.82) is 0 Å². The SMILES string of the molecule is COc1ncc(-c2ccccc2C)cc1CN[C@H]1[C@H](C(C)(C)C)[C@@H](C(=O)O)N(C(=O)C2CCCCC2)[C@H]1c1ccccc1. The minimum Gasteiger partial charge on any atom is -0.481 e. The molecule has 2 heterocycles. The monoisotopic (exact) mass is 583 g/mol. The molecule has 228 valence electrons. The molecule has 7 nitrogen and oxygen atoms in total. The first kappa shape index (κ1) is 30.7. The second-order valence-electron chi connectivity index (χ2n) is 13.2. The fraction of sp³-hybridized carbons (Fsp3) is 0.472. The second-order valence-corrected chi connectivity index (χ2v) is 13.2. The Hall–Kier alpha value is -3.71. The first-order valence-electron chi connectivity index (χ1n) is 15.5. The van der Waals surface area contributed by atoms with Gasteiger partial charge in [0.2, 0.25) is 11.8 Å². The van der Waals surface area contributed by atoms with Crippen LogP contribution in [0.5, 0.6) is 5.88 Å². The van der Waals surface area contributed by atoms with Gasteiger partial charge in [-0.05, 0) is 47.9 Å². The average Bonchev–Trinajstić information content (AvgIpc) is 3.37. The van der Waals surface area contributed by atoms with Crippen molar-refractivity contribution < 1.29 is 19.4 Å². The number of pyridine rings is 1. The standard InChI is InChI=1S/C36H45N3O4/c1-23-14-12-13-19-28(23)26-20-27(33(43-5)38-21-26)22-37-30-29(36(2,3)4)32(35(41)42)39(31(30)24-15-8-6-9-16-24)34(40)25-17-10-7-11-18-25/h6,8-9,12-16,19-21,25,29-32,37H,7,10-11,17-18,22H2,1-5H3,(H,41,42)/t29-,30-,31-,32-/m0/s1. The molecule has 0 bridgehead atoms. The highest BCUT2D eigenvalue weighted by molar-refractivity contribution is 5.87. The summed E-state index contributed by atoms with van der Waals surface area (Å²) in [5.74, 6) is -0.941. The van der Waals surface area contributed by atoms with Crippen LogP contribution in [0.25, 0.3) is 11.1 Å². The predicted molar refractivity (Wildman–Crippen MR) is 169 cm³/mol. The van der Waals surface area contributed by atoms with Crippen LogP contribution >= 0.6 is 0 Å². The first-order chi connectivity index (χ1) is 20.6. The van der Waals surface area contributed by atoms with E-state index in [-0.39, 0.29) is 23.8 Å². The second kappa shape index (κ2) is 12.9. The molecule has 0 spiro atoms. The quantitative estimate of drug-likeness (QED) is 0.303. The van der Waals surface area contributed by atoms with Crippen LogP contribution in [-0.2, 0) is 16.1 Å². The largest absolute Gasteiger partial charge is 0.481 e. The average molecular weight is 584 g/mol. The molecule has 3 aromatic rings. The van der Waals surface area contributed by atoms with Crippen LogP contribution < -0.4 is 10.1 Å². The van der Waals surface area contributed by atoms with Crippen molar-refractivity contribution in [2.45, 2.75) is 84.5 Å². The zero-order valence-corrected chi connectivity index (χ0v) is 26.0. The number of nitrogens with one attached hydrogen (secondary N) is 1. The Morgan fingerprint density at radius 2 is 1.70 bits per heavy atom. The summed E-state index contributed by atoms with van der Waals surface area (Å²) in [6.45, 7) is 8.74. The number of methoxy groups -OCH3 is 1. The number of benzene rings is 2.